The standard InChI is InChI=1S/C23H20/c1-15-12-18-8-4-6-10-20(18)22(13-15)23-17(3)16(2)14-19-9-5-7-11-21(19)23/h4-14H,1-3H3. The average molecular weight is 296 g/mol. The lowest BCUT2D eigenvalue weighted by Gasteiger charge is -2.16. The lowest BCUT2D eigenvalue weighted by molar-refractivity contribution is 1.36. The Morgan fingerprint density at radius 2 is 1.22 bits per heavy atom. The minimum atomic E-state index is 1.31. The van der Waals surface area contributed by atoms with Crippen molar-refractivity contribution in [2.45, 2.75) is 20.8 Å². The number of hydrogen-bond acceptors (Lipinski definition) is 0. The zero-order valence-electron chi connectivity index (χ0n) is 13.9. The molecule has 4 rings (SSSR count). The summed E-state index contributed by atoms with van der Waals surface area (Å²) in [6, 6.07) is 24.3. The highest BCUT2D eigenvalue weighted by Crippen LogP contribution is 2.38. The largest absolute Gasteiger partial charge is 0.0616 e. The van der Waals surface area contributed by atoms with Crippen LogP contribution in [0.5, 0.6) is 0 Å². The van der Waals surface area contributed by atoms with Gasteiger partial charge in [0.25, 0.3) is 0 Å². The van der Waals surface area contributed by atoms with Gasteiger partial charge in [-0.2, -0.15) is 0 Å². The van der Waals surface area contributed by atoms with E-state index in [1.54, 1.807) is 0 Å². The van der Waals surface area contributed by atoms with Crippen LogP contribution in [0.25, 0.3) is 32.7 Å². The topological polar surface area (TPSA) is 0 Å². The zero-order valence-corrected chi connectivity index (χ0v) is 13.9. The Bertz CT molecular complexity index is 1040. The molecule has 0 aromatic heterocycles. The summed E-state index contributed by atoms with van der Waals surface area (Å²) >= 11 is 0. The van der Waals surface area contributed by atoms with Gasteiger partial charge in [-0.1, -0.05) is 66.7 Å². The maximum atomic E-state index is 2.33. The van der Waals surface area contributed by atoms with Crippen LogP contribution in [0.3, 0.4) is 0 Å². The van der Waals surface area contributed by atoms with Gasteiger partial charge >= 0.3 is 0 Å². The highest BCUT2D eigenvalue weighted by atomic mass is 14.2. The Morgan fingerprint density at radius 3 is 1.96 bits per heavy atom. The van der Waals surface area contributed by atoms with Crippen molar-refractivity contribution < 1.29 is 0 Å². The van der Waals surface area contributed by atoms with Crippen LogP contribution in [0.15, 0.2) is 66.7 Å². The second-order valence-electron chi connectivity index (χ2n) is 6.45. The van der Waals surface area contributed by atoms with E-state index in [4.69, 9.17) is 0 Å². The summed E-state index contributed by atoms with van der Waals surface area (Å²) in [5.74, 6) is 0. The van der Waals surface area contributed by atoms with Crippen molar-refractivity contribution in [1.29, 1.82) is 0 Å². The average Bonchev–Trinajstić information content (AvgIpc) is 2.55. The molecule has 112 valence electrons. The van der Waals surface area contributed by atoms with Gasteiger partial charge in [0.1, 0.15) is 0 Å². The van der Waals surface area contributed by atoms with Crippen LogP contribution in [-0.4, -0.2) is 0 Å². The van der Waals surface area contributed by atoms with E-state index < -0.39 is 0 Å². The summed E-state index contributed by atoms with van der Waals surface area (Å²) in [5.41, 5.74) is 6.76. The van der Waals surface area contributed by atoms with Crippen LogP contribution < -0.4 is 0 Å². The Balaban J connectivity index is 2.21. The maximum Gasteiger partial charge on any atom is -0.00671 e. The summed E-state index contributed by atoms with van der Waals surface area (Å²) < 4.78 is 0. The molecule has 0 bridgehead atoms. The fraction of sp³-hybridized carbons (Fsp3) is 0.130. The Hall–Kier alpha value is -2.60. The molecule has 0 fully saturated rings. The number of hydrogen-bond donors (Lipinski definition) is 0. The Labute approximate surface area is 137 Å². The first-order chi connectivity index (χ1) is 11.1. The third kappa shape index (κ3) is 2.22. The van der Waals surface area contributed by atoms with Crippen LogP contribution in [-0.2, 0) is 0 Å². The maximum absolute atomic E-state index is 2.33. The SMILES string of the molecule is Cc1cc(-c2c(C)c(C)cc3ccccc23)c2ccccc2c1. The van der Waals surface area contributed by atoms with Gasteiger partial charge < -0.3 is 0 Å². The molecule has 4 aromatic rings. The Morgan fingerprint density at radius 1 is 0.609 bits per heavy atom. The van der Waals surface area contributed by atoms with Gasteiger partial charge in [0.15, 0.2) is 0 Å². The predicted molar refractivity (Wildman–Crippen MR) is 101 cm³/mol. The molecule has 0 aliphatic rings. The molecule has 0 atom stereocenters. The third-order valence-electron chi connectivity index (χ3n) is 4.84. The molecule has 0 aliphatic heterocycles. The van der Waals surface area contributed by atoms with Crippen LogP contribution in [0, 0.1) is 20.8 Å². The van der Waals surface area contributed by atoms with E-state index in [2.05, 4.69) is 87.5 Å². The van der Waals surface area contributed by atoms with Gasteiger partial charge in [0, 0.05) is 0 Å². The second kappa shape index (κ2) is 5.24. The van der Waals surface area contributed by atoms with Crippen LogP contribution in [0.4, 0.5) is 0 Å². The summed E-state index contributed by atoms with van der Waals surface area (Å²) in [5, 5.41) is 5.30. The predicted octanol–water partition coefficient (Wildman–Crippen LogP) is 6.59. The summed E-state index contributed by atoms with van der Waals surface area (Å²) in [4.78, 5) is 0. The van der Waals surface area contributed by atoms with E-state index in [0.29, 0.717) is 0 Å². The van der Waals surface area contributed by atoms with Gasteiger partial charge in [-0.3, -0.25) is 0 Å². The van der Waals surface area contributed by atoms with Crippen molar-refractivity contribution in [1.82, 2.24) is 0 Å². The molecule has 0 radical (unpaired) electrons. The minimum Gasteiger partial charge on any atom is -0.0616 e. The van der Waals surface area contributed by atoms with E-state index in [-0.39, 0.29) is 0 Å². The number of benzene rings is 4. The molecule has 0 heteroatoms. The minimum absolute atomic E-state index is 1.31. The highest BCUT2D eigenvalue weighted by molar-refractivity contribution is 6.07. The lowest BCUT2D eigenvalue weighted by atomic mass is 9.87. The molecule has 0 N–H and O–H groups in total. The molecular weight excluding hydrogens is 276 g/mol. The normalized spacial score (nSPS) is 11.3. The monoisotopic (exact) mass is 296 g/mol. The smallest absolute Gasteiger partial charge is 0.00671 e. The van der Waals surface area contributed by atoms with Gasteiger partial charge in [-0.15, -0.1) is 0 Å². The first-order valence-electron chi connectivity index (χ1n) is 8.14. The fourth-order valence-corrected chi connectivity index (χ4v) is 3.61. The van der Waals surface area contributed by atoms with Crippen molar-refractivity contribution in [2.75, 3.05) is 0 Å². The van der Waals surface area contributed by atoms with E-state index in [9.17, 15) is 0 Å². The van der Waals surface area contributed by atoms with Gasteiger partial charge in [0.05, 0.1) is 0 Å². The molecule has 0 unspecified atom stereocenters. The first-order valence-corrected chi connectivity index (χ1v) is 8.14. The summed E-state index contributed by atoms with van der Waals surface area (Å²) in [6.07, 6.45) is 0. The quantitative estimate of drug-likeness (QED) is 0.372. The molecule has 0 saturated heterocycles. The highest BCUT2D eigenvalue weighted by Gasteiger charge is 2.13. The second-order valence-corrected chi connectivity index (χ2v) is 6.45. The molecule has 0 amide bonds. The molecule has 0 heterocycles. The van der Waals surface area contributed by atoms with E-state index in [1.165, 1.54) is 49.4 Å². The Kier molecular flexibility index (Phi) is 3.20. The van der Waals surface area contributed by atoms with Crippen molar-refractivity contribution in [3.8, 4) is 11.1 Å². The first kappa shape index (κ1) is 14.0. The number of rotatable bonds is 1. The zero-order chi connectivity index (χ0) is 16.0. The van der Waals surface area contributed by atoms with Crippen molar-refractivity contribution in [3.63, 3.8) is 0 Å². The number of fused-ring (bicyclic) bond motifs is 2. The van der Waals surface area contributed by atoms with Crippen molar-refractivity contribution in [2.24, 2.45) is 0 Å². The summed E-state index contributed by atoms with van der Waals surface area (Å²) in [6.45, 7) is 6.64. The van der Waals surface area contributed by atoms with Crippen LogP contribution in [0.2, 0.25) is 0 Å². The molecule has 0 aliphatic carbocycles. The van der Waals surface area contributed by atoms with Crippen molar-refractivity contribution >= 4 is 21.5 Å². The molecule has 23 heavy (non-hydrogen) atoms. The summed E-state index contributed by atoms with van der Waals surface area (Å²) in [7, 11) is 0. The van der Waals surface area contributed by atoms with Gasteiger partial charge in [-0.25, -0.2) is 0 Å². The third-order valence-corrected chi connectivity index (χ3v) is 4.84. The molecule has 4 aromatic carbocycles. The lowest BCUT2D eigenvalue weighted by Crippen LogP contribution is -1.92. The van der Waals surface area contributed by atoms with Crippen LogP contribution >= 0.6 is 0 Å². The van der Waals surface area contributed by atoms with Gasteiger partial charge in [0.2, 0.25) is 0 Å². The van der Waals surface area contributed by atoms with E-state index >= 15 is 0 Å². The van der Waals surface area contributed by atoms with Crippen LogP contribution in [0.1, 0.15) is 16.7 Å². The fourth-order valence-electron chi connectivity index (χ4n) is 3.61. The molecular formula is C23H20. The number of aryl methyl sites for hydroxylation is 2. The molecule has 0 nitrogen and oxygen atoms in total. The van der Waals surface area contributed by atoms with E-state index in [0.717, 1.165) is 0 Å². The molecule has 0 saturated carbocycles. The van der Waals surface area contributed by atoms with E-state index in [1.807, 2.05) is 0 Å². The molecule has 0 spiro atoms. The van der Waals surface area contributed by atoms with Gasteiger partial charge in [-0.05, 0) is 70.1 Å². The van der Waals surface area contributed by atoms with Crippen molar-refractivity contribution in [3.05, 3.63) is 83.4 Å².